The van der Waals surface area contributed by atoms with Gasteiger partial charge < -0.3 is 20.4 Å². The van der Waals surface area contributed by atoms with Crippen LogP contribution in [0, 0.1) is 0 Å². The Labute approximate surface area is 182 Å². The third-order valence-corrected chi connectivity index (χ3v) is 6.54. The lowest BCUT2D eigenvalue weighted by atomic mass is 9.98. The minimum absolute atomic E-state index is 0.128. The van der Waals surface area contributed by atoms with Gasteiger partial charge in [-0.15, -0.1) is 0 Å². The lowest BCUT2D eigenvalue weighted by Gasteiger charge is -2.41. The summed E-state index contributed by atoms with van der Waals surface area (Å²) in [6.45, 7) is 16.4. The van der Waals surface area contributed by atoms with Gasteiger partial charge in [0, 0.05) is 58.1 Å². The molecule has 2 aliphatic rings. The third-order valence-electron chi connectivity index (χ3n) is 6.54. The van der Waals surface area contributed by atoms with E-state index < -0.39 is 0 Å². The first-order valence-corrected chi connectivity index (χ1v) is 11.6. The van der Waals surface area contributed by atoms with E-state index in [2.05, 4.69) is 63.2 Å². The maximum Gasteiger partial charge on any atom is 0.191 e. The van der Waals surface area contributed by atoms with Crippen LogP contribution in [0.2, 0.25) is 0 Å². The lowest BCUT2D eigenvalue weighted by molar-refractivity contribution is 0.0982. The maximum atomic E-state index is 4.70. The van der Waals surface area contributed by atoms with Crippen LogP contribution in [0.1, 0.15) is 45.6 Å². The van der Waals surface area contributed by atoms with Crippen molar-refractivity contribution in [2.24, 2.45) is 4.99 Å². The van der Waals surface area contributed by atoms with Crippen LogP contribution in [0.25, 0.3) is 0 Å². The number of hydrogen-bond acceptors (Lipinski definition) is 5. The van der Waals surface area contributed by atoms with Crippen molar-refractivity contribution in [1.29, 1.82) is 0 Å². The second-order valence-corrected chi connectivity index (χ2v) is 9.09. The van der Waals surface area contributed by atoms with E-state index in [0.717, 1.165) is 57.6 Å². The van der Waals surface area contributed by atoms with Gasteiger partial charge >= 0.3 is 0 Å². The molecule has 3 rings (SSSR count). The number of piperazine rings is 1. The summed E-state index contributed by atoms with van der Waals surface area (Å²) in [5.74, 6) is 1.93. The fourth-order valence-electron chi connectivity index (χ4n) is 4.32. The standard InChI is InChI=1S/C23H41N7/c1-5-28-13-15-29(16-14-28)21-10-9-20(17-25-21)18-26-22(24-4)27-19-23(2,3)30-11-7-6-8-12-30/h9-10,17H,5-8,11-16,18-19H2,1-4H3,(H2,24,26,27). The molecule has 2 fully saturated rings. The topological polar surface area (TPSA) is 59.0 Å². The summed E-state index contributed by atoms with van der Waals surface area (Å²) in [4.78, 5) is 16.6. The molecule has 0 aromatic carbocycles. The highest BCUT2D eigenvalue weighted by Gasteiger charge is 2.27. The summed E-state index contributed by atoms with van der Waals surface area (Å²) >= 11 is 0. The fraction of sp³-hybridized carbons (Fsp3) is 0.739. The molecule has 1 aromatic rings. The predicted octanol–water partition coefficient (Wildman–Crippen LogP) is 2.15. The van der Waals surface area contributed by atoms with Crippen LogP contribution in [0.5, 0.6) is 0 Å². The molecular formula is C23H41N7. The van der Waals surface area contributed by atoms with E-state index in [4.69, 9.17) is 4.98 Å². The summed E-state index contributed by atoms with van der Waals surface area (Å²) in [5.41, 5.74) is 1.30. The zero-order valence-corrected chi connectivity index (χ0v) is 19.5. The Bertz CT molecular complexity index is 657. The minimum atomic E-state index is 0.128. The summed E-state index contributed by atoms with van der Waals surface area (Å²) in [6.07, 6.45) is 5.98. The summed E-state index contributed by atoms with van der Waals surface area (Å²) in [6, 6.07) is 4.32. The average molecular weight is 416 g/mol. The largest absolute Gasteiger partial charge is 0.355 e. The molecule has 0 radical (unpaired) electrons. The van der Waals surface area contributed by atoms with Crippen molar-refractivity contribution in [2.45, 2.75) is 52.1 Å². The van der Waals surface area contributed by atoms with Crippen molar-refractivity contribution >= 4 is 11.8 Å². The molecular weight excluding hydrogens is 374 g/mol. The van der Waals surface area contributed by atoms with Gasteiger partial charge in [-0.05, 0) is 58.0 Å². The third kappa shape index (κ3) is 6.32. The van der Waals surface area contributed by atoms with Crippen LogP contribution in [-0.4, -0.2) is 85.7 Å². The summed E-state index contributed by atoms with van der Waals surface area (Å²) < 4.78 is 0. The van der Waals surface area contributed by atoms with Gasteiger partial charge in [-0.2, -0.15) is 0 Å². The molecule has 0 bridgehead atoms. The van der Waals surface area contributed by atoms with Crippen LogP contribution in [-0.2, 0) is 6.54 Å². The van der Waals surface area contributed by atoms with Crippen LogP contribution in [0.3, 0.4) is 0 Å². The Morgan fingerprint density at radius 1 is 1.03 bits per heavy atom. The number of aromatic nitrogens is 1. The van der Waals surface area contributed by atoms with Crippen LogP contribution in [0.15, 0.2) is 23.3 Å². The molecule has 3 heterocycles. The van der Waals surface area contributed by atoms with Gasteiger partial charge in [0.05, 0.1) is 0 Å². The van der Waals surface area contributed by atoms with Crippen molar-refractivity contribution < 1.29 is 0 Å². The molecule has 2 N–H and O–H groups in total. The van der Waals surface area contributed by atoms with Gasteiger partial charge in [0.1, 0.15) is 5.82 Å². The number of nitrogens with zero attached hydrogens (tertiary/aromatic N) is 5. The number of guanidine groups is 1. The molecule has 30 heavy (non-hydrogen) atoms. The van der Waals surface area contributed by atoms with E-state index >= 15 is 0 Å². The molecule has 2 aliphatic heterocycles. The molecule has 0 atom stereocenters. The van der Waals surface area contributed by atoms with Gasteiger partial charge in [0.15, 0.2) is 5.96 Å². The van der Waals surface area contributed by atoms with Gasteiger partial charge in [-0.1, -0.05) is 19.4 Å². The lowest BCUT2D eigenvalue weighted by Crippen LogP contribution is -2.54. The van der Waals surface area contributed by atoms with Crippen molar-refractivity contribution in [3.05, 3.63) is 23.9 Å². The Kier molecular flexibility index (Phi) is 8.33. The zero-order valence-electron chi connectivity index (χ0n) is 19.5. The van der Waals surface area contributed by atoms with Crippen molar-refractivity contribution in [3.8, 4) is 0 Å². The first kappa shape index (κ1) is 22.8. The number of anilines is 1. The number of likely N-dealkylation sites (N-methyl/N-ethyl adjacent to an activating group) is 1. The molecule has 2 saturated heterocycles. The minimum Gasteiger partial charge on any atom is -0.355 e. The highest BCUT2D eigenvalue weighted by Crippen LogP contribution is 2.19. The Morgan fingerprint density at radius 2 is 1.77 bits per heavy atom. The second-order valence-electron chi connectivity index (χ2n) is 9.09. The molecule has 1 aromatic heterocycles. The highest BCUT2D eigenvalue weighted by molar-refractivity contribution is 5.79. The predicted molar refractivity (Wildman–Crippen MR) is 126 cm³/mol. The molecule has 7 heteroatoms. The first-order chi connectivity index (χ1) is 14.5. The molecule has 0 unspecified atom stereocenters. The van der Waals surface area contributed by atoms with Crippen molar-refractivity contribution in [1.82, 2.24) is 25.4 Å². The SMILES string of the molecule is CCN1CCN(c2ccc(CNC(=NC)NCC(C)(C)N3CCCCC3)cn2)CC1. The monoisotopic (exact) mass is 415 g/mol. The van der Waals surface area contributed by atoms with E-state index in [1.807, 2.05) is 13.2 Å². The molecule has 0 spiro atoms. The smallest absolute Gasteiger partial charge is 0.191 e. The number of rotatable bonds is 7. The Balaban J connectivity index is 1.44. The van der Waals surface area contributed by atoms with E-state index in [9.17, 15) is 0 Å². The number of pyridine rings is 1. The highest BCUT2D eigenvalue weighted by atomic mass is 15.3. The number of hydrogen-bond donors (Lipinski definition) is 2. The Hall–Kier alpha value is -1.86. The fourth-order valence-corrected chi connectivity index (χ4v) is 4.32. The van der Waals surface area contributed by atoms with Gasteiger partial charge in [-0.25, -0.2) is 4.98 Å². The number of likely N-dealkylation sites (tertiary alicyclic amines) is 1. The van der Waals surface area contributed by atoms with E-state index in [-0.39, 0.29) is 5.54 Å². The van der Waals surface area contributed by atoms with E-state index in [1.54, 1.807) is 0 Å². The number of aliphatic imine (C=N–C) groups is 1. The summed E-state index contributed by atoms with van der Waals surface area (Å²) in [5, 5.41) is 6.95. The average Bonchev–Trinajstić information content (AvgIpc) is 2.80. The molecule has 7 nitrogen and oxygen atoms in total. The summed E-state index contributed by atoms with van der Waals surface area (Å²) in [7, 11) is 1.83. The molecule has 0 amide bonds. The normalized spacial score (nSPS) is 19.7. The van der Waals surface area contributed by atoms with Crippen molar-refractivity contribution in [2.75, 3.05) is 64.3 Å². The van der Waals surface area contributed by atoms with Crippen LogP contribution in [0.4, 0.5) is 5.82 Å². The van der Waals surface area contributed by atoms with E-state index in [1.165, 1.54) is 37.9 Å². The molecule has 0 aliphatic carbocycles. The second kappa shape index (κ2) is 11.0. The van der Waals surface area contributed by atoms with Gasteiger partial charge in [0.25, 0.3) is 0 Å². The maximum absolute atomic E-state index is 4.70. The Morgan fingerprint density at radius 3 is 2.37 bits per heavy atom. The molecule has 0 saturated carbocycles. The number of piperidine rings is 1. The first-order valence-electron chi connectivity index (χ1n) is 11.6. The van der Waals surface area contributed by atoms with Gasteiger partial charge in [0.2, 0.25) is 0 Å². The quantitative estimate of drug-likeness (QED) is 0.526. The molecule has 168 valence electrons. The van der Waals surface area contributed by atoms with Gasteiger partial charge in [-0.3, -0.25) is 9.89 Å². The number of nitrogens with one attached hydrogen (secondary N) is 2. The zero-order chi connectivity index (χ0) is 21.4. The van der Waals surface area contributed by atoms with Crippen LogP contribution < -0.4 is 15.5 Å². The van der Waals surface area contributed by atoms with E-state index in [0.29, 0.717) is 0 Å². The van der Waals surface area contributed by atoms with Crippen molar-refractivity contribution in [3.63, 3.8) is 0 Å². The van der Waals surface area contributed by atoms with Crippen LogP contribution >= 0.6 is 0 Å².